The molecule has 2 N–H and O–H groups in total. The highest BCUT2D eigenvalue weighted by atomic mass is 35.5. The van der Waals surface area contributed by atoms with Gasteiger partial charge in [-0.1, -0.05) is 23.7 Å². The molecule has 1 amide bonds. The molecule has 1 saturated heterocycles. The second-order valence-corrected chi connectivity index (χ2v) is 9.52. The molecule has 36 heavy (non-hydrogen) atoms. The molecule has 2 aliphatic rings. The van der Waals surface area contributed by atoms with E-state index < -0.39 is 17.7 Å². The number of nitrogens with one attached hydrogen (secondary N) is 2. The van der Waals surface area contributed by atoms with E-state index in [1.165, 1.54) is 0 Å². The van der Waals surface area contributed by atoms with Crippen molar-refractivity contribution in [3.63, 3.8) is 0 Å². The lowest BCUT2D eigenvalue weighted by Crippen LogP contribution is -2.72. The third-order valence-corrected chi connectivity index (χ3v) is 7.06. The maximum Gasteiger partial charge on any atom is 0.236 e. The molecule has 0 saturated carbocycles. The number of hydrogen-bond acceptors (Lipinski definition) is 5. The number of carbonyl (C=O) groups excluding carboxylic acids is 1. The van der Waals surface area contributed by atoms with Crippen LogP contribution in [0, 0.1) is 5.92 Å². The molecule has 0 aliphatic carbocycles. The lowest BCUT2D eigenvalue weighted by Gasteiger charge is -2.56. The molecule has 0 aromatic heterocycles. The largest absolute Gasteiger partial charge is 0.494 e. The zero-order chi connectivity index (χ0) is 25.4. The molecular weight excluding hydrogens is 498 g/mol. The van der Waals surface area contributed by atoms with Crippen molar-refractivity contribution in [2.24, 2.45) is 5.92 Å². The molecular formula is C27H26ClN3O4S. The first-order valence-corrected chi connectivity index (χ1v) is 12.4. The van der Waals surface area contributed by atoms with Crippen molar-refractivity contribution < 1.29 is 19.0 Å². The van der Waals surface area contributed by atoms with Crippen LogP contribution in [0.1, 0.15) is 25.5 Å². The predicted octanol–water partition coefficient (Wildman–Crippen LogP) is 5.55. The minimum atomic E-state index is -1.17. The third-order valence-electron chi connectivity index (χ3n) is 6.51. The number of hydrogen-bond donors (Lipinski definition) is 2. The molecule has 3 aromatic carbocycles. The highest BCUT2D eigenvalue weighted by Gasteiger charge is 2.59. The summed E-state index contributed by atoms with van der Waals surface area (Å²) < 4.78 is 17.9. The fourth-order valence-corrected chi connectivity index (χ4v) is 5.47. The third kappa shape index (κ3) is 4.10. The SMILES string of the molecule is CCOc1ccc(N2C(=S)N[C@H]3c4cccc(OC)c4O[C@@]2(C)[C@H]3C(=O)Nc2ccc(Cl)cc2)cc1. The number of carbonyl (C=O) groups is 1. The number of amides is 1. The molecule has 2 bridgehead atoms. The molecule has 2 aliphatic heterocycles. The van der Waals surface area contributed by atoms with Gasteiger partial charge in [-0.25, -0.2) is 0 Å². The standard InChI is InChI=1S/C27H26ClN3O4S/c1-4-34-19-14-12-18(13-15-19)31-26(36)30-23-20-6-5-7-21(33-3)24(20)35-27(31,2)22(23)25(32)29-17-10-8-16(28)9-11-17/h5-15,22-23H,4H2,1-3H3,(H,29,32)(H,30,36)/t22-,23+,27+/m1/s1. The second-order valence-electron chi connectivity index (χ2n) is 8.70. The fraction of sp³-hybridized carbons (Fsp3) is 0.259. The van der Waals surface area contributed by atoms with E-state index in [1.807, 2.05) is 61.2 Å². The van der Waals surface area contributed by atoms with Crippen molar-refractivity contribution in [2.75, 3.05) is 23.9 Å². The topological polar surface area (TPSA) is 72.1 Å². The monoisotopic (exact) mass is 523 g/mol. The predicted molar refractivity (Wildman–Crippen MR) is 144 cm³/mol. The van der Waals surface area contributed by atoms with Crippen molar-refractivity contribution >= 4 is 46.2 Å². The molecule has 186 valence electrons. The van der Waals surface area contributed by atoms with Crippen LogP contribution in [0.25, 0.3) is 0 Å². The smallest absolute Gasteiger partial charge is 0.236 e. The van der Waals surface area contributed by atoms with Gasteiger partial charge in [-0.2, -0.15) is 0 Å². The van der Waals surface area contributed by atoms with Crippen LogP contribution in [0.3, 0.4) is 0 Å². The molecule has 7 nitrogen and oxygen atoms in total. The normalized spacial score (nSPS) is 22.1. The molecule has 3 atom stereocenters. The van der Waals surface area contributed by atoms with Crippen LogP contribution in [0.15, 0.2) is 66.7 Å². The number of ether oxygens (including phenoxy) is 3. The van der Waals surface area contributed by atoms with Gasteiger partial charge in [0.2, 0.25) is 5.91 Å². The Balaban J connectivity index is 1.61. The maximum absolute atomic E-state index is 13.9. The lowest BCUT2D eigenvalue weighted by atomic mass is 9.78. The molecule has 5 rings (SSSR count). The van der Waals surface area contributed by atoms with Crippen LogP contribution in [0.2, 0.25) is 5.02 Å². The van der Waals surface area contributed by atoms with Gasteiger partial charge in [-0.3, -0.25) is 9.69 Å². The van der Waals surface area contributed by atoms with Gasteiger partial charge in [0.05, 0.1) is 19.8 Å². The van der Waals surface area contributed by atoms with E-state index in [9.17, 15) is 4.79 Å². The van der Waals surface area contributed by atoms with Crippen molar-refractivity contribution in [3.8, 4) is 17.2 Å². The van der Waals surface area contributed by atoms with Crippen molar-refractivity contribution in [1.29, 1.82) is 0 Å². The minimum absolute atomic E-state index is 0.218. The first-order valence-electron chi connectivity index (χ1n) is 11.6. The number of benzene rings is 3. The number of para-hydroxylation sites is 1. The summed E-state index contributed by atoms with van der Waals surface area (Å²) in [6, 6.07) is 19.7. The number of rotatable bonds is 6. The van der Waals surface area contributed by atoms with E-state index in [1.54, 1.807) is 31.4 Å². The first kappa shape index (κ1) is 24.2. The van der Waals surface area contributed by atoms with Crippen LogP contribution < -0.4 is 29.7 Å². The Morgan fingerprint density at radius 1 is 1.17 bits per heavy atom. The Morgan fingerprint density at radius 3 is 2.56 bits per heavy atom. The Labute approximate surface area is 220 Å². The molecule has 2 heterocycles. The van der Waals surface area contributed by atoms with Gasteiger partial charge in [-0.15, -0.1) is 0 Å². The average molecular weight is 524 g/mol. The van der Waals surface area contributed by atoms with Gasteiger partial charge in [0.15, 0.2) is 22.3 Å². The summed E-state index contributed by atoms with van der Waals surface area (Å²) in [5, 5.41) is 7.47. The fourth-order valence-electron chi connectivity index (χ4n) is 4.93. The van der Waals surface area contributed by atoms with Gasteiger partial charge in [0.25, 0.3) is 0 Å². The number of anilines is 2. The quantitative estimate of drug-likeness (QED) is 0.411. The molecule has 0 radical (unpaired) electrons. The van der Waals surface area contributed by atoms with Crippen LogP contribution in [-0.2, 0) is 4.79 Å². The summed E-state index contributed by atoms with van der Waals surface area (Å²) in [5.74, 6) is 1.01. The number of methoxy groups -OCH3 is 1. The summed E-state index contributed by atoms with van der Waals surface area (Å²) in [4.78, 5) is 15.7. The zero-order valence-electron chi connectivity index (χ0n) is 20.1. The van der Waals surface area contributed by atoms with Crippen LogP contribution in [0.4, 0.5) is 11.4 Å². The minimum Gasteiger partial charge on any atom is -0.494 e. The first-order chi connectivity index (χ1) is 17.4. The number of fused-ring (bicyclic) bond motifs is 4. The Hall–Kier alpha value is -3.49. The average Bonchev–Trinajstić information content (AvgIpc) is 2.86. The molecule has 0 unspecified atom stereocenters. The maximum atomic E-state index is 13.9. The van der Waals surface area contributed by atoms with Crippen LogP contribution >= 0.6 is 23.8 Å². The summed E-state index contributed by atoms with van der Waals surface area (Å²) in [5.41, 5.74) is 1.03. The van der Waals surface area contributed by atoms with Gasteiger partial charge in [-0.05, 0) is 80.7 Å². The van der Waals surface area contributed by atoms with Gasteiger partial charge < -0.3 is 24.8 Å². The van der Waals surface area contributed by atoms with Gasteiger partial charge >= 0.3 is 0 Å². The van der Waals surface area contributed by atoms with E-state index in [-0.39, 0.29) is 5.91 Å². The molecule has 1 fully saturated rings. The highest BCUT2D eigenvalue weighted by Crippen LogP contribution is 2.52. The summed E-state index contributed by atoms with van der Waals surface area (Å²) in [7, 11) is 1.60. The lowest BCUT2D eigenvalue weighted by molar-refractivity contribution is -0.130. The van der Waals surface area contributed by atoms with Crippen LogP contribution in [-0.4, -0.2) is 30.5 Å². The van der Waals surface area contributed by atoms with Gasteiger partial charge in [0.1, 0.15) is 11.7 Å². The van der Waals surface area contributed by atoms with E-state index in [0.29, 0.717) is 33.9 Å². The molecule has 0 spiro atoms. The molecule has 3 aromatic rings. The number of nitrogens with zero attached hydrogens (tertiary/aromatic N) is 1. The number of thiocarbonyl (C=S) groups is 1. The van der Waals surface area contributed by atoms with Crippen molar-refractivity contribution in [1.82, 2.24) is 5.32 Å². The van der Waals surface area contributed by atoms with E-state index in [0.717, 1.165) is 17.0 Å². The second kappa shape index (κ2) is 9.52. The molecule has 9 heteroatoms. The van der Waals surface area contributed by atoms with Crippen molar-refractivity contribution in [2.45, 2.75) is 25.6 Å². The number of halogens is 1. The van der Waals surface area contributed by atoms with E-state index in [2.05, 4.69) is 10.6 Å². The summed E-state index contributed by atoms with van der Waals surface area (Å²) in [6.45, 7) is 4.38. The van der Waals surface area contributed by atoms with Gasteiger partial charge in [0, 0.05) is 22.0 Å². The Kier molecular flexibility index (Phi) is 6.40. The van der Waals surface area contributed by atoms with Crippen molar-refractivity contribution in [3.05, 3.63) is 77.3 Å². The summed E-state index contributed by atoms with van der Waals surface area (Å²) >= 11 is 11.9. The van der Waals surface area contributed by atoms with E-state index in [4.69, 9.17) is 38.0 Å². The zero-order valence-corrected chi connectivity index (χ0v) is 21.7. The Morgan fingerprint density at radius 2 is 1.89 bits per heavy atom. The van der Waals surface area contributed by atoms with Crippen LogP contribution in [0.5, 0.6) is 17.2 Å². The van der Waals surface area contributed by atoms with E-state index >= 15 is 0 Å². The summed E-state index contributed by atoms with van der Waals surface area (Å²) in [6.07, 6.45) is 0. The Bertz CT molecular complexity index is 1300. The highest BCUT2D eigenvalue weighted by molar-refractivity contribution is 7.80.